The lowest BCUT2D eigenvalue weighted by molar-refractivity contribution is -0.384. The van der Waals surface area contributed by atoms with Crippen molar-refractivity contribution in [2.45, 2.75) is 12.5 Å². The van der Waals surface area contributed by atoms with E-state index in [1.165, 1.54) is 11.6 Å². The van der Waals surface area contributed by atoms with Crippen LogP contribution in [-0.2, 0) is 6.54 Å². The van der Waals surface area contributed by atoms with Gasteiger partial charge < -0.3 is 5.73 Å². The van der Waals surface area contributed by atoms with Crippen molar-refractivity contribution >= 4 is 29.7 Å². The van der Waals surface area contributed by atoms with Gasteiger partial charge in [-0.2, -0.15) is 0 Å². The molecule has 134 valence electrons. The van der Waals surface area contributed by atoms with Crippen LogP contribution in [0, 0.1) is 16.0 Å². The molecule has 7 heteroatoms. The number of benzene rings is 2. The number of likely N-dealkylation sites (tertiary alicyclic amines) is 1. The molecule has 2 atom stereocenters. The molecule has 1 fully saturated rings. The fraction of sp³-hybridized carbons (Fsp3) is 0.333. The van der Waals surface area contributed by atoms with Crippen LogP contribution in [-0.4, -0.2) is 29.5 Å². The highest BCUT2D eigenvalue weighted by Gasteiger charge is 2.32. The summed E-state index contributed by atoms with van der Waals surface area (Å²) in [6, 6.07) is 15.4. The van der Waals surface area contributed by atoms with Gasteiger partial charge in [-0.15, -0.1) is 12.4 Å². The van der Waals surface area contributed by atoms with Crippen molar-refractivity contribution in [3.05, 3.63) is 74.8 Å². The van der Waals surface area contributed by atoms with Gasteiger partial charge in [0.05, 0.1) is 4.92 Å². The molecule has 0 amide bonds. The van der Waals surface area contributed by atoms with E-state index < -0.39 is 4.92 Å². The van der Waals surface area contributed by atoms with Crippen LogP contribution in [0.5, 0.6) is 0 Å². The molecule has 0 aromatic heterocycles. The smallest absolute Gasteiger partial charge is 0.287 e. The lowest BCUT2D eigenvalue weighted by Crippen LogP contribution is -2.23. The number of nitrogens with zero attached hydrogens (tertiary/aromatic N) is 2. The van der Waals surface area contributed by atoms with Crippen LogP contribution in [0.1, 0.15) is 17.0 Å². The lowest BCUT2D eigenvalue weighted by atomic mass is 9.89. The molecule has 25 heavy (non-hydrogen) atoms. The SMILES string of the molecule is Cl.NC[C@@H]1CN(Cc2ccc([N+](=O)[O-])c(Cl)c2)C[C@H]1c1ccccc1. The molecule has 1 heterocycles. The number of halogens is 2. The molecule has 0 radical (unpaired) electrons. The number of nitro groups is 1. The van der Waals surface area contributed by atoms with Gasteiger partial charge in [-0.25, -0.2) is 0 Å². The Morgan fingerprint density at radius 2 is 1.92 bits per heavy atom. The van der Waals surface area contributed by atoms with E-state index in [-0.39, 0.29) is 23.1 Å². The van der Waals surface area contributed by atoms with Gasteiger partial charge in [0.15, 0.2) is 0 Å². The standard InChI is InChI=1S/C18H20ClN3O2.ClH/c19-17-8-13(6-7-18(17)22(23)24)10-21-11-15(9-20)16(12-21)14-4-2-1-3-5-14;/h1-8,15-16H,9-12,20H2;1H/t15-,16+;/m1./s1. The zero-order chi connectivity index (χ0) is 17.1. The summed E-state index contributed by atoms with van der Waals surface area (Å²) in [5.41, 5.74) is 8.22. The summed E-state index contributed by atoms with van der Waals surface area (Å²) in [6.07, 6.45) is 0. The maximum atomic E-state index is 10.9. The third kappa shape index (κ3) is 4.50. The number of rotatable bonds is 5. The highest BCUT2D eigenvalue weighted by Crippen LogP contribution is 2.33. The fourth-order valence-corrected chi connectivity index (χ4v) is 3.73. The van der Waals surface area contributed by atoms with Crippen LogP contribution in [0.3, 0.4) is 0 Å². The Hall–Kier alpha value is -1.66. The summed E-state index contributed by atoms with van der Waals surface area (Å²) >= 11 is 6.01. The first kappa shape index (κ1) is 19.7. The van der Waals surface area contributed by atoms with Crippen molar-refractivity contribution in [2.24, 2.45) is 11.7 Å². The summed E-state index contributed by atoms with van der Waals surface area (Å²) in [7, 11) is 0. The molecule has 1 aliphatic heterocycles. The largest absolute Gasteiger partial charge is 0.330 e. The topological polar surface area (TPSA) is 72.4 Å². The Kier molecular flexibility index (Phi) is 6.79. The molecule has 2 aromatic carbocycles. The molecule has 1 aliphatic rings. The number of hydrogen-bond acceptors (Lipinski definition) is 4. The molecular weight excluding hydrogens is 361 g/mol. The van der Waals surface area contributed by atoms with Crippen LogP contribution in [0.15, 0.2) is 48.5 Å². The average Bonchev–Trinajstić information content (AvgIpc) is 2.98. The summed E-state index contributed by atoms with van der Waals surface area (Å²) in [4.78, 5) is 12.7. The molecule has 2 aromatic rings. The van der Waals surface area contributed by atoms with E-state index in [1.807, 2.05) is 6.07 Å². The van der Waals surface area contributed by atoms with E-state index in [0.29, 0.717) is 18.4 Å². The van der Waals surface area contributed by atoms with Crippen LogP contribution in [0.4, 0.5) is 5.69 Å². The van der Waals surface area contributed by atoms with Gasteiger partial charge in [0.2, 0.25) is 0 Å². The number of nitrogens with two attached hydrogens (primary N) is 1. The van der Waals surface area contributed by atoms with Crippen molar-refractivity contribution in [1.29, 1.82) is 0 Å². The summed E-state index contributed by atoms with van der Waals surface area (Å²) in [6.45, 7) is 3.22. The first-order valence-corrected chi connectivity index (χ1v) is 8.36. The van der Waals surface area contributed by atoms with E-state index in [9.17, 15) is 10.1 Å². The van der Waals surface area contributed by atoms with Gasteiger partial charge in [0, 0.05) is 31.6 Å². The highest BCUT2D eigenvalue weighted by atomic mass is 35.5. The Bertz CT molecular complexity index is 728. The minimum atomic E-state index is -0.460. The van der Waals surface area contributed by atoms with E-state index >= 15 is 0 Å². The molecule has 0 unspecified atom stereocenters. The van der Waals surface area contributed by atoms with Gasteiger partial charge in [0.25, 0.3) is 5.69 Å². The van der Waals surface area contributed by atoms with Gasteiger partial charge in [-0.1, -0.05) is 48.0 Å². The Morgan fingerprint density at radius 1 is 1.20 bits per heavy atom. The highest BCUT2D eigenvalue weighted by molar-refractivity contribution is 6.32. The van der Waals surface area contributed by atoms with E-state index in [0.717, 1.165) is 25.2 Å². The Morgan fingerprint density at radius 3 is 2.52 bits per heavy atom. The second-order valence-electron chi connectivity index (χ2n) is 6.25. The third-order valence-corrected chi connectivity index (χ3v) is 4.96. The Balaban J connectivity index is 0.00000225. The van der Waals surface area contributed by atoms with Gasteiger partial charge in [-0.3, -0.25) is 15.0 Å². The first-order chi connectivity index (χ1) is 11.6. The van der Waals surface area contributed by atoms with E-state index in [1.54, 1.807) is 12.1 Å². The van der Waals surface area contributed by atoms with Gasteiger partial charge >= 0.3 is 0 Å². The minimum absolute atomic E-state index is 0. The molecule has 0 bridgehead atoms. The van der Waals surface area contributed by atoms with Crippen LogP contribution in [0.2, 0.25) is 5.02 Å². The summed E-state index contributed by atoms with van der Waals surface area (Å²) in [5.74, 6) is 0.839. The van der Waals surface area contributed by atoms with Crippen molar-refractivity contribution in [3.63, 3.8) is 0 Å². The van der Waals surface area contributed by atoms with Crippen LogP contribution in [0.25, 0.3) is 0 Å². The maximum absolute atomic E-state index is 10.9. The molecule has 1 saturated heterocycles. The summed E-state index contributed by atoms with van der Waals surface area (Å²) < 4.78 is 0. The minimum Gasteiger partial charge on any atom is -0.330 e. The third-order valence-electron chi connectivity index (χ3n) is 4.66. The predicted octanol–water partition coefficient (Wildman–Crippen LogP) is 3.84. The molecule has 5 nitrogen and oxygen atoms in total. The first-order valence-electron chi connectivity index (χ1n) is 7.98. The fourth-order valence-electron chi connectivity index (χ4n) is 3.46. The van der Waals surface area contributed by atoms with Crippen molar-refractivity contribution in [1.82, 2.24) is 4.90 Å². The zero-order valence-electron chi connectivity index (χ0n) is 13.7. The van der Waals surface area contributed by atoms with Crippen molar-refractivity contribution in [3.8, 4) is 0 Å². The quantitative estimate of drug-likeness (QED) is 0.630. The van der Waals surface area contributed by atoms with E-state index in [4.69, 9.17) is 17.3 Å². The van der Waals surface area contributed by atoms with Crippen LogP contribution >= 0.6 is 24.0 Å². The second-order valence-corrected chi connectivity index (χ2v) is 6.66. The molecular formula is C18H21Cl2N3O2. The lowest BCUT2D eigenvalue weighted by Gasteiger charge is -2.17. The normalized spacial score (nSPS) is 20.2. The van der Waals surface area contributed by atoms with Crippen molar-refractivity contribution < 1.29 is 4.92 Å². The van der Waals surface area contributed by atoms with Crippen LogP contribution < -0.4 is 5.73 Å². The van der Waals surface area contributed by atoms with E-state index in [2.05, 4.69) is 29.2 Å². The molecule has 0 saturated carbocycles. The monoisotopic (exact) mass is 381 g/mol. The average molecular weight is 382 g/mol. The molecule has 0 aliphatic carbocycles. The molecule has 3 rings (SSSR count). The second kappa shape index (κ2) is 8.63. The van der Waals surface area contributed by atoms with Crippen molar-refractivity contribution in [2.75, 3.05) is 19.6 Å². The zero-order valence-corrected chi connectivity index (χ0v) is 15.2. The van der Waals surface area contributed by atoms with Gasteiger partial charge in [-0.05, 0) is 29.7 Å². The number of hydrogen-bond donors (Lipinski definition) is 1. The molecule has 2 N–H and O–H groups in total. The predicted molar refractivity (Wildman–Crippen MR) is 102 cm³/mol. The molecule has 0 spiro atoms. The summed E-state index contributed by atoms with van der Waals surface area (Å²) in [5, 5.41) is 11.0. The Labute approximate surface area is 158 Å². The van der Waals surface area contributed by atoms with Gasteiger partial charge in [0.1, 0.15) is 5.02 Å². The maximum Gasteiger partial charge on any atom is 0.287 e. The number of nitro benzene ring substituents is 1.